The summed E-state index contributed by atoms with van der Waals surface area (Å²) in [6.45, 7) is 0.244. The van der Waals surface area contributed by atoms with Gasteiger partial charge in [0.15, 0.2) is 5.11 Å². The highest BCUT2D eigenvalue weighted by atomic mass is 35.5. The number of benzene rings is 1. The Kier molecular flexibility index (Phi) is 5.84. The molecular weight excluding hydrogens is 301 g/mol. The molecule has 3 N–H and O–H groups in total. The molecule has 0 aromatic heterocycles. The molecule has 0 amide bonds. The number of thiocarbonyl (C=S) groups is 1. The molecule has 0 unspecified atom stereocenters. The lowest BCUT2D eigenvalue weighted by molar-refractivity contribution is -0.137. The minimum absolute atomic E-state index is 0.0695. The summed E-state index contributed by atoms with van der Waals surface area (Å²) < 4.78 is 37.6. The summed E-state index contributed by atoms with van der Waals surface area (Å²) in [5, 5.41) is 14.4. The van der Waals surface area contributed by atoms with Crippen molar-refractivity contribution in [1.82, 2.24) is 10.6 Å². The van der Waals surface area contributed by atoms with Crippen molar-refractivity contribution < 1.29 is 18.3 Å². The summed E-state index contributed by atoms with van der Waals surface area (Å²) in [7, 11) is 0. The van der Waals surface area contributed by atoms with Crippen LogP contribution >= 0.6 is 23.8 Å². The van der Waals surface area contributed by atoms with Gasteiger partial charge in [-0.3, -0.25) is 0 Å². The maximum atomic E-state index is 12.5. The van der Waals surface area contributed by atoms with Crippen LogP contribution in [-0.4, -0.2) is 23.4 Å². The molecule has 1 aromatic carbocycles. The lowest BCUT2D eigenvalue weighted by Crippen LogP contribution is -2.36. The maximum absolute atomic E-state index is 12.5. The number of alkyl halides is 3. The molecule has 8 heteroatoms. The smallest absolute Gasteiger partial charge is 0.395 e. The highest BCUT2D eigenvalue weighted by Gasteiger charge is 2.30. The zero-order chi connectivity index (χ0) is 14.5. The van der Waals surface area contributed by atoms with Crippen molar-refractivity contribution in [2.75, 3.05) is 13.2 Å². The molecular formula is C11H12ClF3N2OS. The topological polar surface area (TPSA) is 44.3 Å². The van der Waals surface area contributed by atoms with Gasteiger partial charge in [-0.25, -0.2) is 0 Å². The fourth-order valence-corrected chi connectivity index (χ4v) is 1.65. The van der Waals surface area contributed by atoms with Gasteiger partial charge in [0.1, 0.15) is 0 Å². The van der Waals surface area contributed by atoms with Crippen molar-refractivity contribution in [3.05, 3.63) is 34.3 Å². The normalized spacial score (nSPS) is 11.2. The third kappa shape index (κ3) is 5.22. The Morgan fingerprint density at radius 3 is 2.58 bits per heavy atom. The van der Waals surface area contributed by atoms with Crippen LogP contribution in [0.25, 0.3) is 0 Å². The minimum Gasteiger partial charge on any atom is -0.395 e. The second-order valence-corrected chi connectivity index (χ2v) is 4.45. The summed E-state index contributed by atoms with van der Waals surface area (Å²) >= 11 is 10.7. The molecule has 0 aliphatic heterocycles. The van der Waals surface area contributed by atoms with E-state index in [1.165, 1.54) is 6.07 Å². The van der Waals surface area contributed by atoms with Crippen LogP contribution in [0, 0.1) is 0 Å². The fourth-order valence-electron chi connectivity index (χ4n) is 1.29. The van der Waals surface area contributed by atoms with Crippen LogP contribution in [0.5, 0.6) is 0 Å². The highest BCUT2D eigenvalue weighted by molar-refractivity contribution is 7.80. The molecule has 0 saturated carbocycles. The van der Waals surface area contributed by atoms with E-state index in [1.807, 2.05) is 0 Å². The summed E-state index contributed by atoms with van der Waals surface area (Å²) in [6, 6.07) is 3.10. The molecule has 0 aliphatic rings. The Hall–Kier alpha value is -1.05. The summed E-state index contributed by atoms with van der Waals surface area (Å²) in [4.78, 5) is 0. The Balaban J connectivity index is 2.70. The van der Waals surface area contributed by atoms with Gasteiger partial charge >= 0.3 is 6.18 Å². The maximum Gasteiger partial charge on any atom is 0.416 e. The number of nitrogens with one attached hydrogen (secondary N) is 2. The lowest BCUT2D eigenvalue weighted by atomic mass is 10.1. The van der Waals surface area contributed by atoms with Gasteiger partial charge < -0.3 is 15.7 Å². The number of halogens is 4. The summed E-state index contributed by atoms with van der Waals surface area (Å²) in [6.07, 6.45) is -4.41. The molecule has 0 heterocycles. The molecule has 1 rings (SSSR count). The monoisotopic (exact) mass is 312 g/mol. The van der Waals surface area contributed by atoms with Crippen molar-refractivity contribution in [2.45, 2.75) is 12.7 Å². The molecule has 19 heavy (non-hydrogen) atoms. The van der Waals surface area contributed by atoms with E-state index in [2.05, 4.69) is 10.6 Å². The van der Waals surface area contributed by atoms with E-state index in [-0.39, 0.29) is 29.8 Å². The molecule has 3 nitrogen and oxygen atoms in total. The van der Waals surface area contributed by atoms with Gasteiger partial charge in [0.2, 0.25) is 0 Å². The third-order valence-electron chi connectivity index (χ3n) is 2.21. The van der Waals surface area contributed by atoms with Crippen molar-refractivity contribution in [3.63, 3.8) is 0 Å². The van der Waals surface area contributed by atoms with E-state index in [0.29, 0.717) is 5.56 Å². The first-order valence-corrected chi connectivity index (χ1v) is 6.11. The molecule has 0 atom stereocenters. The highest BCUT2D eigenvalue weighted by Crippen LogP contribution is 2.31. The Morgan fingerprint density at radius 1 is 1.32 bits per heavy atom. The first-order valence-electron chi connectivity index (χ1n) is 5.32. The number of aliphatic hydroxyl groups is 1. The number of hydrogen-bond acceptors (Lipinski definition) is 2. The van der Waals surface area contributed by atoms with Crippen LogP contribution in [-0.2, 0) is 12.7 Å². The van der Waals surface area contributed by atoms with E-state index in [1.54, 1.807) is 0 Å². The quantitative estimate of drug-likeness (QED) is 0.747. The van der Waals surface area contributed by atoms with Gasteiger partial charge in [-0.15, -0.1) is 0 Å². The first-order chi connectivity index (χ1) is 8.84. The van der Waals surface area contributed by atoms with Gasteiger partial charge in [-0.2, -0.15) is 13.2 Å². The van der Waals surface area contributed by atoms with Gasteiger partial charge in [0.05, 0.1) is 12.2 Å². The van der Waals surface area contributed by atoms with Crippen LogP contribution in [0.2, 0.25) is 5.02 Å². The largest absolute Gasteiger partial charge is 0.416 e. The van der Waals surface area contributed by atoms with Crippen LogP contribution in [0.3, 0.4) is 0 Å². The van der Waals surface area contributed by atoms with E-state index < -0.39 is 11.7 Å². The van der Waals surface area contributed by atoms with Crippen molar-refractivity contribution in [3.8, 4) is 0 Å². The number of hydrogen-bond donors (Lipinski definition) is 3. The molecule has 0 fully saturated rings. The van der Waals surface area contributed by atoms with Crippen LogP contribution < -0.4 is 10.6 Å². The Morgan fingerprint density at radius 2 is 2.00 bits per heavy atom. The van der Waals surface area contributed by atoms with E-state index in [0.717, 1.165) is 12.1 Å². The van der Waals surface area contributed by atoms with Crippen LogP contribution in [0.1, 0.15) is 11.1 Å². The minimum atomic E-state index is -4.41. The summed E-state index contributed by atoms with van der Waals surface area (Å²) in [5.74, 6) is 0. The number of rotatable bonds is 4. The summed E-state index contributed by atoms with van der Waals surface area (Å²) in [5.41, 5.74) is -0.465. The van der Waals surface area contributed by atoms with Gasteiger partial charge in [0, 0.05) is 18.1 Å². The zero-order valence-corrected chi connectivity index (χ0v) is 11.3. The average molecular weight is 313 g/mol. The van der Waals surface area contributed by atoms with Crippen molar-refractivity contribution in [1.29, 1.82) is 0 Å². The Labute approximate surface area is 118 Å². The van der Waals surface area contributed by atoms with Crippen LogP contribution in [0.4, 0.5) is 13.2 Å². The molecule has 106 valence electrons. The van der Waals surface area contributed by atoms with Gasteiger partial charge in [-0.1, -0.05) is 11.6 Å². The second kappa shape index (κ2) is 6.93. The fraction of sp³-hybridized carbons (Fsp3) is 0.364. The Bertz CT molecular complexity index is 454. The molecule has 0 bridgehead atoms. The average Bonchev–Trinajstić information content (AvgIpc) is 2.33. The van der Waals surface area contributed by atoms with Gasteiger partial charge in [0.25, 0.3) is 0 Å². The lowest BCUT2D eigenvalue weighted by Gasteiger charge is -2.13. The predicted octanol–water partition coefficient (Wildman–Crippen LogP) is 2.32. The SMILES string of the molecule is OCCNC(=S)NCc1cc(C(F)(F)F)ccc1Cl. The molecule has 1 aromatic rings. The van der Waals surface area contributed by atoms with E-state index in [4.69, 9.17) is 28.9 Å². The van der Waals surface area contributed by atoms with Gasteiger partial charge in [-0.05, 0) is 36.0 Å². The van der Waals surface area contributed by atoms with E-state index in [9.17, 15) is 13.2 Å². The molecule has 0 saturated heterocycles. The van der Waals surface area contributed by atoms with Crippen molar-refractivity contribution in [2.24, 2.45) is 0 Å². The van der Waals surface area contributed by atoms with E-state index >= 15 is 0 Å². The van der Waals surface area contributed by atoms with Crippen LogP contribution in [0.15, 0.2) is 18.2 Å². The second-order valence-electron chi connectivity index (χ2n) is 3.64. The third-order valence-corrected chi connectivity index (χ3v) is 2.87. The standard InChI is InChI=1S/C11H12ClF3N2OS/c12-9-2-1-8(11(13,14)15)5-7(9)6-17-10(19)16-3-4-18/h1-2,5,18H,3-4,6H2,(H2,16,17,19). The first kappa shape index (κ1) is 16.0. The predicted molar refractivity (Wildman–Crippen MR) is 71.0 cm³/mol. The molecule has 0 aliphatic carbocycles. The molecule has 0 radical (unpaired) electrons. The molecule has 0 spiro atoms. The number of aliphatic hydroxyl groups excluding tert-OH is 1. The zero-order valence-electron chi connectivity index (χ0n) is 9.72. The van der Waals surface area contributed by atoms with Crippen molar-refractivity contribution >= 4 is 28.9 Å².